The van der Waals surface area contributed by atoms with Gasteiger partial charge in [0.15, 0.2) is 12.0 Å². The third-order valence-corrected chi connectivity index (χ3v) is 0.360. The molecule has 0 aliphatic rings. The number of aldehydes is 2. The molecule has 0 aliphatic carbocycles. The van der Waals surface area contributed by atoms with Crippen LogP contribution in [0.15, 0.2) is 11.8 Å². The number of allylic oxidation sites excluding steroid dienone is 2. The highest BCUT2D eigenvalue weighted by molar-refractivity contribution is 5.78. The van der Waals surface area contributed by atoms with E-state index >= 15 is 0 Å². The molecule has 0 aliphatic heterocycles. The van der Waals surface area contributed by atoms with Crippen molar-refractivity contribution < 1.29 is 14.7 Å². The molecule has 0 bridgehead atoms. The van der Waals surface area contributed by atoms with Gasteiger partial charge in [-0.1, -0.05) is 0 Å². The molecule has 0 atom stereocenters. The van der Waals surface area contributed by atoms with E-state index in [0.717, 1.165) is 6.08 Å². The number of aliphatic hydroxyl groups excluding tert-OH is 1. The Morgan fingerprint density at radius 1 is 1.43 bits per heavy atom. The zero-order valence-electron chi connectivity index (χ0n) is 3.50. The van der Waals surface area contributed by atoms with Crippen molar-refractivity contribution in [2.45, 2.75) is 0 Å². The zero-order chi connectivity index (χ0) is 5.70. The summed E-state index contributed by atoms with van der Waals surface area (Å²) in [5.41, 5.74) is 0. The molecule has 0 amide bonds. The average Bonchev–Trinajstić information content (AvgIpc) is 1.68. The summed E-state index contributed by atoms with van der Waals surface area (Å²) in [5, 5.41) is 8.12. The molecular weight excluding hydrogens is 96.0 g/mol. The van der Waals surface area contributed by atoms with Crippen molar-refractivity contribution in [1.82, 2.24) is 0 Å². The molecule has 0 unspecified atom stereocenters. The fourth-order valence-corrected chi connectivity index (χ4v) is 0.109. The fraction of sp³-hybridized carbons (Fsp3) is 0. The summed E-state index contributed by atoms with van der Waals surface area (Å²) in [5.74, 6) is -0.546. The van der Waals surface area contributed by atoms with Crippen LogP contribution < -0.4 is 0 Å². The van der Waals surface area contributed by atoms with Gasteiger partial charge in [0, 0.05) is 6.08 Å². The van der Waals surface area contributed by atoms with Gasteiger partial charge in [-0.2, -0.15) is 0 Å². The Morgan fingerprint density at radius 3 is 2.14 bits per heavy atom. The Morgan fingerprint density at radius 2 is 2.00 bits per heavy atom. The van der Waals surface area contributed by atoms with Gasteiger partial charge < -0.3 is 5.11 Å². The SMILES string of the molecule is O=CC=C(O)C=O. The second kappa shape index (κ2) is 3.08. The van der Waals surface area contributed by atoms with E-state index < -0.39 is 5.76 Å². The van der Waals surface area contributed by atoms with E-state index in [1.165, 1.54) is 0 Å². The lowest BCUT2D eigenvalue weighted by Crippen LogP contribution is -1.79. The van der Waals surface area contributed by atoms with Crippen molar-refractivity contribution in [2.24, 2.45) is 0 Å². The Balaban J connectivity index is 3.72. The first kappa shape index (κ1) is 5.88. The Labute approximate surface area is 40.3 Å². The summed E-state index contributed by atoms with van der Waals surface area (Å²) in [7, 11) is 0. The molecule has 0 spiro atoms. The van der Waals surface area contributed by atoms with E-state index in [4.69, 9.17) is 5.11 Å². The van der Waals surface area contributed by atoms with Gasteiger partial charge in [0.1, 0.15) is 6.29 Å². The maximum Gasteiger partial charge on any atom is 0.184 e. The maximum absolute atomic E-state index is 9.42. The van der Waals surface area contributed by atoms with Crippen LogP contribution in [0.2, 0.25) is 0 Å². The van der Waals surface area contributed by atoms with Crippen LogP contribution in [0.25, 0.3) is 0 Å². The van der Waals surface area contributed by atoms with E-state index in [1.807, 2.05) is 0 Å². The molecule has 0 fully saturated rings. The molecule has 3 heteroatoms. The highest BCUT2D eigenvalue weighted by atomic mass is 16.3. The van der Waals surface area contributed by atoms with Crippen molar-refractivity contribution >= 4 is 12.6 Å². The summed E-state index contributed by atoms with van der Waals surface area (Å²) in [4.78, 5) is 18.8. The van der Waals surface area contributed by atoms with Crippen molar-refractivity contribution in [3.63, 3.8) is 0 Å². The minimum atomic E-state index is -0.546. The van der Waals surface area contributed by atoms with E-state index in [-0.39, 0.29) is 6.29 Å². The van der Waals surface area contributed by atoms with Crippen molar-refractivity contribution in [2.75, 3.05) is 0 Å². The van der Waals surface area contributed by atoms with Crippen LogP contribution in [0.1, 0.15) is 0 Å². The number of hydrogen-bond acceptors (Lipinski definition) is 3. The maximum atomic E-state index is 9.42. The lowest BCUT2D eigenvalue weighted by molar-refractivity contribution is -0.108. The molecule has 7 heavy (non-hydrogen) atoms. The second-order valence-corrected chi connectivity index (χ2v) is 0.845. The van der Waals surface area contributed by atoms with Gasteiger partial charge in [0.25, 0.3) is 0 Å². The number of carbonyl (C=O) groups excluding carboxylic acids is 2. The molecule has 0 aromatic rings. The van der Waals surface area contributed by atoms with Crippen molar-refractivity contribution in [3.05, 3.63) is 11.8 Å². The van der Waals surface area contributed by atoms with Gasteiger partial charge in [-0.3, -0.25) is 9.59 Å². The van der Waals surface area contributed by atoms with Gasteiger partial charge in [-0.15, -0.1) is 0 Å². The highest BCUT2D eigenvalue weighted by Crippen LogP contribution is 1.73. The van der Waals surface area contributed by atoms with Crippen LogP contribution in [0.4, 0.5) is 0 Å². The van der Waals surface area contributed by atoms with Crippen molar-refractivity contribution in [1.29, 1.82) is 0 Å². The van der Waals surface area contributed by atoms with E-state index in [1.54, 1.807) is 0 Å². The van der Waals surface area contributed by atoms with E-state index in [9.17, 15) is 9.59 Å². The van der Waals surface area contributed by atoms with Crippen LogP contribution in [0.5, 0.6) is 0 Å². The molecule has 38 valence electrons. The van der Waals surface area contributed by atoms with E-state index in [2.05, 4.69) is 0 Å². The summed E-state index contributed by atoms with van der Waals surface area (Å²) in [6.45, 7) is 0. The highest BCUT2D eigenvalue weighted by Gasteiger charge is 1.80. The van der Waals surface area contributed by atoms with Crippen LogP contribution in [-0.2, 0) is 9.59 Å². The normalized spacial score (nSPS) is 10.6. The van der Waals surface area contributed by atoms with Gasteiger partial charge in [-0.25, -0.2) is 0 Å². The molecule has 0 aromatic heterocycles. The Hall–Kier alpha value is -1.12. The number of hydrogen-bond donors (Lipinski definition) is 1. The Kier molecular flexibility index (Phi) is 2.59. The average molecular weight is 100 g/mol. The Bertz CT molecular complexity index is 104. The number of carbonyl (C=O) groups is 2. The van der Waals surface area contributed by atoms with Gasteiger partial charge in [-0.05, 0) is 0 Å². The summed E-state index contributed by atoms with van der Waals surface area (Å²) in [6, 6.07) is 0. The number of aliphatic hydroxyl groups is 1. The lowest BCUT2D eigenvalue weighted by atomic mass is 10.5. The van der Waals surface area contributed by atoms with Gasteiger partial charge >= 0.3 is 0 Å². The lowest BCUT2D eigenvalue weighted by Gasteiger charge is -1.74. The molecule has 0 heterocycles. The first-order valence-electron chi connectivity index (χ1n) is 1.61. The zero-order valence-corrected chi connectivity index (χ0v) is 3.50. The predicted molar refractivity (Wildman–Crippen MR) is 22.8 cm³/mol. The summed E-state index contributed by atoms with van der Waals surface area (Å²) < 4.78 is 0. The third-order valence-electron chi connectivity index (χ3n) is 0.360. The minimum absolute atomic E-state index is 0.189. The first-order chi connectivity index (χ1) is 3.31. The largest absolute Gasteiger partial charge is 0.505 e. The molecule has 0 saturated heterocycles. The predicted octanol–water partition coefficient (Wildman–Crippen LogP) is -0.174. The molecular formula is C4H4O3. The fourth-order valence-electron chi connectivity index (χ4n) is 0.109. The van der Waals surface area contributed by atoms with Crippen LogP contribution >= 0.6 is 0 Å². The molecule has 1 N–H and O–H groups in total. The van der Waals surface area contributed by atoms with Crippen molar-refractivity contribution in [3.8, 4) is 0 Å². The molecule has 3 nitrogen and oxygen atoms in total. The summed E-state index contributed by atoms with van der Waals surface area (Å²) in [6.07, 6.45) is 1.30. The second-order valence-electron chi connectivity index (χ2n) is 0.845. The molecule has 0 radical (unpaired) electrons. The monoisotopic (exact) mass is 100 g/mol. The quantitative estimate of drug-likeness (QED) is 0.297. The third kappa shape index (κ3) is 2.69. The number of rotatable bonds is 2. The first-order valence-corrected chi connectivity index (χ1v) is 1.61. The molecule has 0 aromatic carbocycles. The standard InChI is InChI=1S/C4H4O3/c5-2-1-4(7)3-6/h1-3,7H. The van der Waals surface area contributed by atoms with Gasteiger partial charge in [0.2, 0.25) is 0 Å². The van der Waals surface area contributed by atoms with E-state index in [0.29, 0.717) is 6.29 Å². The smallest absolute Gasteiger partial charge is 0.184 e. The molecule has 0 rings (SSSR count). The molecule has 0 saturated carbocycles. The van der Waals surface area contributed by atoms with Crippen LogP contribution in [0, 0.1) is 0 Å². The van der Waals surface area contributed by atoms with Gasteiger partial charge in [0.05, 0.1) is 0 Å². The topological polar surface area (TPSA) is 54.4 Å². The minimum Gasteiger partial charge on any atom is -0.505 e. The summed E-state index contributed by atoms with van der Waals surface area (Å²) >= 11 is 0. The van der Waals surface area contributed by atoms with Crippen LogP contribution in [0.3, 0.4) is 0 Å². The van der Waals surface area contributed by atoms with Crippen LogP contribution in [-0.4, -0.2) is 17.7 Å².